The third-order valence-electron chi connectivity index (χ3n) is 3.76. The molecule has 0 spiro atoms. The van der Waals surface area contributed by atoms with Crippen LogP contribution in [0, 0.1) is 0 Å². The highest BCUT2D eigenvalue weighted by molar-refractivity contribution is 7.92. The highest BCUT2D eigenvalue weighted by atomic mass is 35.5. The van der Waals surface area contributed by atoms with Gasteiger partial charge < -0.3 is 22.8 Å². The molecule has 3 aromatic rings. The van der Waals surface area contributed by atoms with E-state index in [0.717, 1.165) is 0 Å². The second-order valence-electron chi connectivity index (χ2n) is 5.92. The lowest BCUT2D eigenvalue weighted by Gasteiger charge is -2.14. The summed E-state index contributed by atoms with van der Waals surface area (Å²) in [5.74, 6) is -0.656. The molecule has 1 amide bonds. The maximum absolute atomic E-state index is 12.5. The molecular formula is C18H19ClN4O4S. The number of phenols is 1. The number of phenolic OH excluding ortho intramolecular Hbond substituents is 1. The van der Waals surface area contributed by atoms with Gasteiger partial charge >= 0.3 is 0 Å². The number of aromatic hydroxyl groups is 1. The third-order valence-corrected chi connectivity index (χ3v) is 5.12. The minimum absolute atomic E-state index is 0. The second kappa shape index (κ2) is 8.77. The Morgan fingerprint density at radius 1 is 1.14 bits per heavy atom. The van der Waals surface area contributed by atoms with E-state index in [0.29, 0.717) is 0 Å². The fraction of sp³-hybridized carbons (Fsp3) is 0.111. The minimum Gasteiger partial charge on any atom is -1.00 e. The third kappa shape index (κ3) is 5.02. The van der Waals surface area contributed by atoms with Gasteiger partial charge in [0.15, 0.2) is 6.54 Å². The van der Waals surface area contributed by atoms with Gasteiger partial charge in [-0.1, -0.05) is 24.3 Å². The zero-order chi connectivity index (χ0) is 19.4. The SMILES string of the molecule is C[n+]1ccn(CC(=O)Nc2cccc(O)c2NS(=O)(=O)c2ccccc2)c1.[Cl-]. The van der Waals surface area contributed by atoms with Gasteiger partial charge in [-0.3, -0.25) is 9.52 Å². The van der Waals surface area contributed by atoms with Gasteiger partial charge in [0.1, 0.15) is 23.8 Å². The van der Waals surface area contributed by atoms with Crippen molar-refractivity contribution in [3.63, 3.8) is 0 Å². The lowest BCUT2D eigenvalue weighted by Crippen LogP contribution is -3.00. The normalized spacial score (nSPS) is 10.8. The van der Waals surface area contributed by atoms with E-state index in [2.05, 4.69) is 10.0 Å². The summed E-state index contributed by atoms with van der Waals surface area (Å²) < 4.78 is 30.9. The van der Waals surface area contributed by atoms with E-state index in [1.807, 2.05) is 7.05 Å². The monoisotopic (exact) mass is 422 g/mol. The molecule has 1 aromatic heterocycles. The second-order valence-corrected chi connectivity index (χ2v) is 7.60. The Morgan fingerprint density at radius 2 is 1.86 bits per heavy atom. The van der Waals surface area contributed by atoms with Crippen molar-refractivity contribution >= 4 is 27.3 Å². The summed E-state index contributed by atoms with van der Waals surface area (Å²) in [6, 6.07) is 12.1. The molecule has 148 valence electrons. The number of nitrogens with zero attached hydrogens (tertiary/aromatic N) is 2. The number of anilines is 2. The molecular weight excluding hydrogens is 404 g/mol. The summed E-state index contributed by atoms with van der Waals surface area (Å²) in [5.41, 5.74) is 0.0730. The first kappa shape index (κ1) is 21.3. The van der Waals surface area contributed by atoms with Gasteiger partial charge in [0, 0.05) is 0 Å². The van der Waals surface area contributed by atoms with Crippen LogP contribution in [0.3, 0.4) is 0 Å². The molecule has 8 nitrogen and oxygen atoms in total. The van der Waals surface area contributed by atoms with Crippen molar-refractivity contribution in [2.45, 2.75) is 11.4 Å². The van der Waals surface area contributed by atoms with Gasteiger partial charge in [0.05, 0.1) is 17.6 Å². The van der Waals surface area contributed by atoms with Crippen LogP contribution in [-0.2, 0) is 28.4 Å². The maximum Gasteiger partial charge on any atom is 0.266 e. The molecule has 0 aliphatic heterocycles. The number of amides is 1. The topological polar surface area (TPSA) is 104 Å². The lowest BCUT2D eigenvalue weighted by molar-refractivity contribution is -0.671. The first-order valence-electron chi connectivity index (χ1n) is 8.06. The van der Waals surface area contributed by atoms with Gasteiger partial charge in [-0.25, -0.2) is 17.6 Å². The van der Waals surface area contributed by atoms with E-state index < -0.39 is 10.0 Å². The quantitative estimate of drug-likeness (QED) is 0.331. The number of aromatic nitrogens is 2. The summed E-state index contributed by atoms with van der Waals surface area (Å²) in [4.78, 5) is 12.3. The molecule has 0 atom stereocenters. The van der Waals surface area contributed by atoms with E-state index in [1.54, 1.807) is 46.1 Å². The number of halogens is 1. The highest BCUT2D eigenvalue weighted by Crippen LogP contribution is 2.33. The molecule has 0 bridgehead atoms. The van der Waals surface area contributed by atoms with Crippen molar-refractivity contribution in [3.05, 3.63) is 67.3 Å². The van der Waals surface area contributed by atoms with Crippen LogP contribution in [0.15, 0.2) is 72.1 Å². The van der Waals surface area contributed by atoms with E-state index in [4.69, 9.17) is 0 Å². The zero-order valence-electron chi connectivity index (χ0n) is 14.9. The maximum atomic E-state index is 12.5. The molecule has 0 saturated carbocycles. The van der Waals surface area contributed by atoms with Crippen LogP contribution in [-0.4, -0.2) is 24.0 Å². The summed E-state index contributed by atoms with van der Waals surface area (Å²) in [7, 11) is -2.09. The Labute approximate surface area is 168 Å². The summed E-state index contributed by atoms with van der Waals surface area (Å²) >= 11 is 0. The Morgan fingerprint density at radius 3 is 2.50 bits per heavy atom. The van der Waals surface area contributed by atoms with Crippen LogP contribution >= 0.6 is 0 Å². The fourth-order valence-electron chi connectivity index (χ4n) is 2.50. The summed E-state index contributed by atoms with van der Waals surface area (Å²) in [5, 5.41) is 12.7. The van der Waals surface area contributed by atoms with Crippen molar-refractivity contribution in [2.24, 2.45) is 7.05 Å². The van der Waals surface area contributed by atoms with Crippen LogP contribution in [0.4, 0.5) is 11.4 Å². The number of aryl methyl sites for hydroxylation is 1. The van der Waals surface area contributed by atoms with E-state index in [-0.39, 0.29) is 46.9 Å². The zero-order valence-corrected chi connectivity index (χ0v) is 16.5. The molecule has 3 N–H and O–H groups in total. The Bertz CT molecular complexity index is 1070. The molecule has 0 radical (unpaired) electrons. The molecule has 0 unspecified atom stereocenters. The molecule has 3 rings (SSSR count). The number of rotatable bonds is 6. The number of carbonyl (C=O) groups is 1. The van der Waals surface area contributed by atoms with Crippen LogP contribution in [0.1, 0.15) is 0 Å². The van der Waals surface area contributed by atoms with Gasteiger partial charge in [-0.05, 0) is 24.3 Å². The highest BCUT2D eigenvalue weighted by Gasteiger charge is 2.20. The molecule has 10 heteroatoms. The van der Waals surface area contributed by atoms with Crippen LogP contribution < -0.4 is 27.0 Å². The standard InChI is InChI=1S/C18H18N4O4S.ClH/c1-21-10-11-22(13-21)12-17(24)19-15-8-5-9-16(23)18(15)20-27(25,26)14-6-3-2-4-7-14;/h2-11,13,20H,12H2,1H3,(H-,19,23,24);1H. The molecule has 1 heterocycles. The molecule has 0 aliphatic rings. The number of hydrogen-bond acceptors (Lipinski definition) is 4. The van der Waals surface area contributed by atoms with Crippen molar-refractivity contribution in [1.29, 1.82) is 0 Å². The number of imidazole rings is 1. The first-order valence-corrected chi connectivity index (χ1v) is 9.54. The summed E-state index contributed by atoms with van der Waals surface area (Å²) in [6.45, 7) is 0.0430. The average molecular weight is 423 g/mol. The number of hydrogen-bond donors (Lipinski definition) is 3. The number of carbonyl (C=O) groups excluding carboxylic acids is 1. The summed E-state index contributed by atoms with van der Waals surface area (Å²) in [6.07, 6.45) is 5.27. The molecule has 0 aliphatic carbocycles. The van der Waals surface area contributed by atoms with Crippen molar-refractivity contribution < 1.29 is 35.3 Å². The Balaban J connectivity index is 0.00000280. The first-order chi connectivity index (χ1) is 12.8. The van der Waals surface area contributed by atoms with Gasteiger partial charge in [0.25, 0.3) is 15.9 Å². The fourth-order valence-corrected chi connectivity index (χ4v) is 3.61. The predicted molar refractivity (Wildman–Crippen MR) is 99.6 cm³/mol. The number of sulfonamides is 1. The Kier molecular flexibility index (Phi) is 6.66. The van der Waals surface area contributed by atoms with Crippen molar-refractivity contribution in [2.75, 3.05) is 10.0 Å². The molecule has 0 fully saturated rings. The smallest absolute Gasteiger partial charge is 0.266 e. The largest absolute Gasteiger partial charge is 1.00 e. The number of benzene rings is 2. The van der Waals surface area contributed by atoms with Crippen molar-refractivity contribution in [1.82, 2.24) is 4.57 Å². The molecule has 28 heavy (non-hydrogen) atoms. The van der Waals surface area contributed by atoms with E-state index in [1.165, 1.54) is 30.3 Å². The average Bonchev–Trinajstić information content (AvgIpc) is 3.03. The van der Waals surface area contributed by atoms with Crippen LogP contribution in [0.25, 0.3) is 0 Å². The Hall–Kier alpha value is -3.04. The van der Waals surface area contributed by atoms with Crippen molar-refractivity contribution in [3.8, 4) is 5.75 Å². The number of nitrogens with one attached hydrogen (secondary N) is 2. The van der Waals surface area contributed by atoms with Gasteiger partial charge in [-0.2, -0.15) is 0 Å². The number of para-hydroxylation sites is 1. The van der Waals surface area contributed by atoms with Crippen LogP contribution in [0.5, 0.6) is 5.75 Å². The lowest BCUT2D eigenvalue weighted by atomic mass is 10.2. The van der Waals surface area contributed by atoms with E-state index in [9.17, 15) is 18.3 Å². The van der Waals surface area contributed by atoms with E-state index >= 15 is 0 Å². The van der Waals surface area contributed by atoms with Gasteiger partial charge in [-0.15, -0.1) is 0 Å². The molecule has 0 saturated heterocycles. The van der Waals surface area contributed by atoms with Crippen LogP contribution in [0.2, 0.25) is 0 Å². The van der Waals surface area contributed by atoms with Gasteiger partial charge in [0.2, 0.25) is 6.33 Å². The minimum atomic E-state index is -3.92. The predicted octanol–water partition coefficient (Wildman–Crippen LogP) is -1.54. The molecule has 2 aromatic carbocycles.